The van der Waals surface area contributed by atoms with Gasteiger partial charge < -0.3 is 11.1 Å². The molecule has 0 bridgehead atoms. The Balaban J connectivity index is 2.13. The van der Waals surface area contributed by atoms with Crippen LogP contribution in [0.5, 0.6) is 0 Å². The summed E-state index contributed by atoms with van der Waals surface area (Å²) in [6, 6.07) is 7.17. The molecule has 0 saturated heterocycles. The number of nitrogens with one attached hydrogen (secondary N) is 1. The lowest BCUT2D eigenvalue weighted by Gasteiger charge is -2.07. The van der Waals surface area contributed by atoms with Gasteiger partial charge in [-0.25, -0.2) is 0 Å². The number of benzene rings is 1. The highest BCUT2D eigenvalue weighted by Gasteiger charge is 2.07. The molecule has 106 valence electrons. The predicted octanol–water partition coefficient (Wildman–Crippen LogP) is 3.61. The topological polar surface area (TPSA) is 55.1 Å². The standard InChI is InChI=1S/C16H26N2O/c1-13(2)9-5-3-4-8-12-18-16(19)14-10-6-7-11-15(14)17/h6-7,10-11,13H,3-5,8-9,12,17H2,1-2H3,(H,18,19). The molecular formula is C16H26N2O. The Morgan fingerprint density at radius 2 is 1.84 bits per heavy atom. The van der Waals surface area contributed by atoms with Crippen molar-refractivity contribution in [1.82, 2.24) is 5.32 Å². The van der Waals surface area contributed by atoms with E-state index in [1.165, 1.54) is 25.7 Å². The smallest absolute Gasteiger partial charge is 0.253 e. The number of carbonyl (C=O) groups is 1. The van der Waals surface area contributed by atoms with E-state index in [1.807, 2.05) is 12.1 Å². The van der Waals surface area contributed by atoms with E-state index in [0.717, 1.165) is 18.9 Å². The lowest BCUT2D eigenvalue weighted by Crippen LogP contribution is -2.25. The molecule has 1 amide bonds. The third kappa shape index (κ3) is 6.27. The summed E-state index contributed by atoms with van der Waals surface area (Å²) in [5.74, 6) is 0.723. The minimum atomic E-state index is -0.0692. The van der Waals surface area contributed by atoms with Crippen LogP contribution in [0.4, 0.5) is 5.69 Å². The first-order valence-corrected chi connectivity index (χ1v) is 7.24. The van der Waals surface area contributed by atoms with Crippen LogP contribution in [-0.4, -0.2) is 12.5 Å². The fourth-order valence-electron chi connectivity index (χ4n) is 2.03. The Morgan fingerprint density at radius 1 is 1.16 bits per heavy atom. The van der Waals surface area contributed by atoms with Crippen LogP contribution in [-0.2, 0) is 0 Å². The summed E-state index contributed by atoms with van der Waals surface area (Å²) in [7, 11) is 0. The van der Waals surface area contributed by atoms with Crippen molar-refractivity contribution in [2.45, 2.75) is 46.0 Å². The molecule has 1 aromatic carbocycles. The third-order valence-corrected chi connectivity index (χ3v) is 3.20. The SMILES string of the molecule is CC(C)CCCCCCNC(=O)c1ccccc1N. The lowest BCUT2D eigenvalue weighted by molar-refractivity contribution is 0.0954. The Labute approximate surface area is 116 Å². The molecule has 3 heteroatoms. The molecular weight excluding hydrogens is 236 g/mol. The molecule has 1 rings (SSSR count). The summed E-state index contributed by atoms with van der Waals surface area (Å²) in [4.78, 5) is 11.9. The molecule has 0 fully saturated rings. The number of nitrogen functional groups attached to an aromatic ring is 1. The predicted molar refractivity (Wildman–Crippen MR) is 81.1 cm³/mol. The van der Waals surface area contributed by atoms with E-state index >= 15 is 0 Å². The number of hydrogen-bond donors (Lipinski definition) is 2. The molecule has 0 atom stereocenters. The maximum Gasteiger partial charge on any atom is 0.253 e. The van der Waals surface area contributed by atoms with Gasteiger partial charge in [0.25, 0.3) is 5.91 Å². The molecule has 0 aliphatic rings. The molecule has 0 spiro atoms. The zero-order valence-corrected chi connectivity index (χ0v) is 12.1. The first-order valence-electron chi connectivity index (χ1n) is 7.24. The highest BCUT2D eigenvalue weighted by Crippen LogP contribution is 2.11. The molecule has 0 saturated carbocycles. The number of carbonyl (C=O) groups excluding carboxylic acids is 1. The van der Waals surface area contributed by atoms with Crippen LogP contribution in [0.1, 0.15) is 56.3 Å². The number of unbranched alkanes of at least 4 members (excludes halogenated alkanes) is 3. The van der Waals surface area contributed by atoms with Gasteiger partial charge in [0.05, 0.1) is 5.56 Å². The van der Waals surface area contributed by atoms with Crippen LogP contribution in [0.25, 0.3) is 0 Å². The van der Waals surface area contributed by atoms with Gasteiger partial charge in [0.1, 0.15) is 0 Å². The average Bonchev–Trinajstić information content (AvgIpc) is 2.37. The van der Waals surface area contributed by atoms with Crippen molar-refractivity contribution in [3.63, 3.8) is 0 Å². The van der Waals surface area contributed by atoms with Crippen molar-refractivity contribution in [3.05, 3.63) is 29.8 Å². The van der Waals surface area contributed by atoms with Gasteiger partial charge in [-0.2, -0.15) is 0 Å². The number of hydrogen-bond acceptors (Lipinski definition) is 2. The zero-order chi connectivity index (χ0) is 14.1. The lowest BCUT2D eigenvalue weighted by atomic mass is 10.0. The Bertz CT molecular complexity index is 388. The Hall–Kier alpha value is -1.51. The van der Waals surface area contributed by atoms with Gasteiger partial charge in [-0.15, -0.1) is 0 Å². The number of rotatable bonds is 8. The van der Waals surface area contributed by atoms with E-state index in [1.54, 1.807) is 12.1 Å². The molecule has 0 heterocycles. The fourth-order valence-corrected chi connectivity index (χ4v) is 2.03. The molecule has 19 heavy (non-hydrogen) atoms. The average molecular weight is 262 g/mol. The Kier molecular flexibility index (Phi) is 7.01. The van der Waals surface area contributed by atoms with E-state index in [9.17, 15) is 4.79 Å². The molecule has 0 aromatic heterocycles. The largest absolute Gasteiger partial charge is 0.398 e. The second-order valence-electron chi connectivity index (χ2n) is 5.44. The number of para-hydroxylation sites is 1. The first-order chi connectivity index (χ1) is 9.11. The molecule has 0 unspecified atom stereocenters. The number of amides is 1. The van der Waals surface area contributed by atoms with Gasteiger partial charge in [-0.3, -0.25) is 4.79 Å². The van der Waals surface area contributed by atoms with Crippen LogP contribution in [0.15, 0.2) is 24.3 Å². The van der Waals surface area contributed by atoms with Crippen LogP contribution < -0.4 is 11.1 Å². The van der Waals surface area contributed by atoms with Gasteiger partial charge in [-0.1, -0.05) is 51.7 Å². The molecule has 3 nitrogen and oxygen atoms in total. The van der Waals surface area contributed by atoms with Gasteiger partial charge in [0, 0.05) is 12.2 Å². The van der Waals surface area contributed by atoms with Gasteiger partial charge in [0.15, 0.2) is 0 Å². The van der Waals surface area contributed by atoms with Crippen LogP contribution in [0.3, 0.4) is 0 Å². The molecule has 0 radical (unpaired) electrons. The van der Waals surface area contributed by atoms with Crippen molar-refractivity contribution in [3.8, 4) is 0 Å². The van der Waals surface area contributed by atoms with E-state index in [-0.39, 0.29) is 5.91 Å². The molecule has 0 aliphatic heterocycles. The highest BCUT2D eigenvalue weighted by molar-refractivity contribution is 5.98. The summed E-state index contributed by atoms with van der Waals surface area (Å²) in [5, 5.41) is 2.92. The van der Waals surface area contributed by atoms with Gasteiger partial charge >= 0.3 is 0 Å². The van der Waals surface area contributed by atoms with Crippen molar-refractivity contribution in [2.75, 3.05) is 12.3 Å². The number of nitrogens with two attached hydrogens (primary N) is 1. The normalized spacial score (nSPS) is 10.7. The maximum atomic E-state index is 11.9. The maximum absolute atomic E-state index is 11.9. The summed E-state index contributed by atoms with van der Waals surface area (Å²) >= 11 is 0. The van der Waals surface area contributed by atoms with E-state index in [0.29, 0.717) is 11.3 Å². The van der Waals surface area contributed by atoms with E-state index in [2.05, 4.69) is 19.2 Å². The highest BCUT2D eigenvalue weighted by atomic mass is 16.1. The van der Waals surface area contributed by atoms with Crippen molar-refractivity contribution < 1.29 is 4.79 Å². The molecule has 0 aliphatic carbocycles. The number of anilines is 1. The van der Waals surface area contributed by atoms with Crippen LogP contribution >= 0.6 is 0 Å². The summed E-state index contributed by atoms with van der Waals surface area (Å²) in [5.41, 5.74) is 6.87. The summed E-state index contributed by atoms with van der Waals surface area (Å²) in [6.45, 7) is 5.24. The van der Waals surface area contributed by atoms with Crippen molar-refractivity contribution in [2.24, 2.45) is 5.92 Å². The minimum Gasteiger partial charge on any atom is -0.398 e. The van der Waals surface area contributed by atoms with Crippen molar-refractivity contribution in [1.29, 1.82) is 0 Å². The van der Waals surface area contributed by atoms with Crippen LogP contribution in [0, 0.1) is 5.92 Å². The molecule has 3 N–H and O–H groups in total. The van der Waals surface area contributed by atoms with Crippen LogP contribution in [0.2, 0.25) is 0 Å². The quantitative estimate of drug-likeness (QED) is 0.555. The van der Waals surface area contributed by atoms with Crippen molar-refractivity contribution >= 4 is 11.6 Å². The minimum absolute atomic E-state index is 0.0692. The molecule has 1 aromatic rings. The second-order valence-corrected chi connectivity index (χ2v) is 5.44. The third-order valence-electron chi connectivity index (χ3n) is 3.20. The zero-order valence-electron chi connectivity index (χ0n) is 12.1. The van der Waals surface area contributed by atoms with Gasteiger partial charge in [0.2, 0.25) is 0 Å². The van der Waals surface area contributed by atoms with E-state index < -0.39 is 0 Å². The fraction of sp³-hybridized carbons (Fsp3) is 0.562. The second kappa shape index (κ2) is 8.57. The van der Waals surface area contributed by atoms with Gasteiger partial charge in [-0.05, 0) is 24.5 Å². The first kappa shape index (κ1) is 15.5. The summed E-state index contributed by atoms with van der Waals surface area (Å²) < 4.78 is 0. The monoisotopic (exact) mass is 262 g/mol. The van der Waals surface area contributed by atoms with E-state index in [4.69, 9.17) is 5.73 Å². The Morgan fingerprint density at radius 3 is 2.53 bits per heavy atom. The summed E-state index contributed by atoms with van der Waals surface area (Å²) in [6.07, 6.45) is 6.06.